The van der Waals surface area contributed by atoms with Crippen LogP contribution in [0.2, 0.25) is 0 Å². The van der Waals surface area contributed by atoms with Crippen LogP contribution in [0.15, 0.2) is 84.9 Å². The molecule has 0 saturated heterocycles. The third-order valence-corrected chi connectivity index (χ3v) is 4.59. The molecule has 156 valence electrons. The molecular weight excluding hydrogens is 386 g/mol. The van der Waals surface area contributed by atoms with Crippen LogP contribution in [-0.2, 0) is 11.3 Å². The van der Waals surface area contributed by atoms with Gasteiger partial charge in [-0.05, 0) is 35.9 Å². The van der Waals surface area contributed by atoms with Crippen molar-refractivity contribution in [3.63, 3.8) is 0 Å². The minimum Gasteiger partial charge on any atom is -0.435 e. The molecule has 30 heavy (non-hydrogen) atoms. The monoisotopic (exact) mass is 410 g/mol. The normalized spacial score (nSPS) is 12.0. The van der Waals surface area contributed by atoms with Crippen LogP contribution >= 0.6 is 0 Å². The van der Waals surface area contributed by atoms with E-state index < -0.39 is 12.7 Å². The molecule has 0 heterocycles. The van der Waals surface area contributed by atoms with Crippen molar-refractivity contribution in [3.05, 3.63) is 102 Å². The van der Waals surface area contributed by atoms with Gasteiger partial charge < -0.3 is 10.1 Å². The van der Waals surface area contributed by atoms with Gasteiger partial charge in [-0.1, -0.05) is 72.8 Å². The fourth-order valence-corrected chi connectivity index (χ4v) is 3.25. The maximum Gasteiger partial charge on any atom is 0.387 e. The van der Waals surface area contributed by atoms with E-state index in [9.17, 15) is 13.6 Å². The first-order chi connectivity index (χ1) is 14.5. The lowest BCUT2D eigenvalue weighted by molar-refractivity contribution is -0.122. The zero-order valence-corrected chi connectivity index (χ0v) is 16.7. The predicted molar refractivity (Wildman–Crippen MR) is 112 cm³/mol. The molecule has 0 aromatic heterocycles. The Morgan fingerprint density at radius 3 is 2.07 bits per heavy atom. The molecule has 3 rings (SSSR count). The summed E-state index contributed by atoms with van der Waals surface area (Å²) in [5.74, 6) is -0.0512. The molecule has 4 nitrogen and oxygen atoms in total. The molecule has 0 fully saturated rings. The zero-order chi connectivity index (χ0) is 21.3. The Balaban J connectivity index is 1.70. The molecular formula is C24H24F2N2O2. The van der Waals surface area contributed by atoms with E-state index >= 15 is 0 Å². The van der Waals surface area contributed by atoms with Gasteiger partial charge in [0.25, 0.3) is 0 Å². The van der Waals surface area contributed by atoms with Gasteiger partial charge in [-0.3, -0.25) is 9.69 Å². The number of benzene rings is 3. The molecule has 3 aromatic rings. The predicted octanol–water partition coefficient (Wildman–Crippen LogP) is 4.63. The van der Waals surface area contributed by atoms with E-state index in [4.69, 9.17) is 0 Å². The van der Waals surface area contributed by atoms with Crippen molar-refractivity contribution in [1.29, 1.82) is 0 Å². The van der Waals surface area contributed by atoms with Crippen molar-refractivity contribution in [2.45, 2.75) is 19.2 Å². The summed E-state index contributed by atoms with van der Waals surface area (Å²) in [6.45, 7) is -1.99. The maximum atomic E-state index is 12.7. The summed E-state index contributed by atoms with van der Waals surface area (Å²) in [5, 5.41) is 3.06. The second kappa shape index (κ2) is 10.5. The first-order valence-electron chi connectivity index (χ1n) is 9.63. The maximum absolute atomic E-state index is 12.7. The summed E-state index contributed by atoms with van der Waals surface area (Å²) >= 11 is 0. The van der Waals surface area contributed by atoms with E-state index in [1.54, 1.807) is 12.1 Å². The van der Waals surface area contributed by atoms with Gasteiger partial charge in [0.2, 0.25) is 5.91 Å². The van der Waals surface area contributed by atoms with Crippen molar-refractivity contribution in [2.75, 3.05) is 13.6 Å². The van der Waals surface area contributed by atoms with Crippen molar-refractivity contribution in [1.82, 2.24) is 10.2 Å². The molecule has 6 heteroatoms. The van der Waals surface area contributed by atoms with E-state index in [-0.39, 0.29) is 18.2 Å². The van der Waals surface area contributed by atoms with Crippen LogP contribution in [0.1, 0.15) is 22.7 Å². The highest BCUT2D eigenvalue weighted by Gasteiger charge is 2.18. The van der Waals surface area contributed by atoms with Crippen LogP contribution < -0.4 is 10.1 Å². The van der Waals surface area contributed by atoms with Gasteiger partial charge in [0.05, 0.1) is 12.6 Å². The second-order valence-electron chi connectivity index (χ2n) is 7.02. The number of halogens is 2. The average Bonchev–Trinajstić information content (AvgIpc) is 2.73. The van der Waals surface area contributed by atoms with Gasteiger partial charge >= 0.3 is 6.61 Å². The fourth-order valence-electron chi connectivity index (χ4n) is 3.25. The number of hydrogen-bond acceptors (Lipinski definition) is 3. The standard InChI is InChI=1S/C24H24F2N2O2/c1-28(16-18-8-4-2-5-9-18)17-22(29)27-23(19-10-6-3-7-11-19)20-12-14-21(15-13-20)30-24(25)26/h2-15,23-24H,16-17H2,1H3,(H,27,29)/t23-/m0/s1. The molecule has 0 aliphatic heterocycles. The van der Waals surface area contributed by atoms with Crippen LogP contribution in [0.3, 0.4) is 0 Å². The Hall–Kier alpha value is -3.25. The van der Waals surface area contributed by atoms with Crippen molar-refractivity contribution < 1.29 is 18.3 Å². The Kier molecular flexibility index (Phi) is 7.51. The van der Waals surface area contributed by atoms with E-state index in [0.29, 0.717) is 6.54 Å². The molecule has 1 N–H and O–H groups in total. The van der Waals surface area contributed by atoms with Crippen molar-refractivity contribution in [2.24, 2.45) is 0 Å². The van der Waals surface area contributed by atoms with Crippen LogP contribution in [-0.4, -0.2) is 31.0 Å². The lowest BCUT2D eigenvalue weighted by Gasteiger charge is -2.22. The molecule has 0 unspecified atom stereocenters. The Morgan fingerprint density at radius 1 is 0.900 bits per heavy atom. The first kappa shape index (κ1) is 21.5. The smallest absolute Gasteiger partial charge is 0.387 e. The van der Waals surface area contributed by atoms with Crippen LogP contribution in [0.25, 0.3) is 0 Å². The summed E-state index contributed by atoms with van der Waals surface area (Å²) in [6.07, 6.45) is 0. The van der Waals surface area contributed by atoms with Gasteiger partial charge in [0.15, 0.2) is 0 Å². The number of nitrogens with one attached hydrogen (secondary N) is 1. The molecule has 0 aliphatic carbocycles. The highest BCUT2D eigenvalue weighted by atomic mass is 19.3. The van der Waals surface area contributed by atoms with E-state index in [2.05, 4.69) is 10.1 Å². The summed E-state index contributed by atoms with van der Waals surface area (Å²) in [4.78, 5) is 14.7. The van der Waals surface area contributed by atoms with Crippen molar-refractivity contribution >= 4 is 5.91 Å². The number of amides is 1. The molecule has 0 aliphatic rings. The van der Waals surface area contributed by atoms with E-state index in [0.717, 1.165) is 16.7 Å². The highest BCUT2D eigenvalue weighted by molar-refractivity contribution is 5.79. The second-order valence-corrected chi connectivity index (χ2v) is 7.02. The molecule has 0 bridgehead atoms. The third kappa shape index (κ3) is 6.39. The number of hydrogen-bond donors (Lipinski definition) is 1. The lowest BCUT2D eigenvalue weighted by atomic mass is 9.98. The van der Waals surface area contributed by atoms with Gasteiger partial charge in [-0.25, -0.2) is 0 Å². The third-order valence-electron chi connectivity index (χ3n) is 4.59. The Bertz CT molecular complexity index is 919. The van der Waals surface area contributed by atoms with Gasteiger partial charge in [0, 0.05) is 6.54 Å². The lowest BCUT2D eigenvalue weighted by Crippen LogP contribution is -2.37. The average molecular weight is 410 g/mol. The summed E-state index contributed by atoms with van der Waals surface area (Å²) in [7, 11) is 1.89. The highest BCUT2D eigenvalue weighted by Crippen LogP contribution is 2.25. The van der Waals surface area contributed by atoms with Gasteiger partial charge in [-0.2, -0.15) is 8.78 Å². The molecule has 3 aromatic carbocycles. The van der Waals surface area contributed by atoms with Gasteiger partial charge in [0.1, 0.15) is 5.75 Å². The first-order valence-corrected chi connectivity index (χ1v) is 9.63. The van der Waals surface area contributed by atoms with Crippen LogP contribution in [0, 0.1) is 0 Å². The SMILES string of the molecule is CN(CC(=O)N[C@@H](c1ccccc1)c1ccc(OC(F)F)cc1)Cc1ccccc1. The Labute approximate surface area is 175 Å². The van der Waals surface area contributed by atoms with Crippen molar-refractivity contribution in [3.8, 4) is 5.75 Å². The number of rotatable bonds is 9. The molecule has 0 radical (unpaired) electrons. The van der Waals surface area contributed by atoms with Crippen LogP contribution in [0.5, 0.6) is 5.75 Å². The minimum absolute atomic E-state index is 0.0782. The van der Waals surface area contributed by atoms with Crippen LogP contribution in [0.4, 0.5) is 8.78 Å². The largest absolute Gasteiger partial charge is 0.435 e. The zero-order valence-electron chi connectivity index (χ0n) is 16.7. The summed E-state index contributed by atoms with van der Waals surface area (Å²) < 4.78 is 29.2. The number of likely N-dealkylation sites (N-methyl/N-ethyl adjacent to an activating group) is 1. The quantitative estimate of drug-likeness (QED) is 0.559. The van der Waals surface area contributed by atoms with E-state index in [1.807, 2.05) is 72.6 Å². The Morgan fingerprint density at radius 2 is 1.47 bits per heavy atom. The molecule has 1 amide bonds. The number of nitrogens with zero attached hydrogens (tertiary/aromatic N) is 1. The summed E-state index contributed by atoms with van der Waals surface area (Å²) in [6, 6.07) is 25.4. The van der Waals surface area contributed by atoms with E-state index in [1.165, 1.54) is 12.1 Å². The minimum atomic E-state index is -2.87. The number of carbonyl (C=O) groups is 1. The molecule has 0 saturated carbocycles. The van der Waals surface area contributed by atoms with Gasteiger partial charge in [-0.15, -0.1) is 0 Å². The number of carbonyl (C=O) groups excluding carboxylic acids is 1. The number of alkyl halides is 2. The fraction of sp³-hybridized carbons (Fsp3) is 0.208. The molecule has 1 atom stereocenters. The summed E-state index contributed by atoms with van der Waals surface area (Å²) in [5.41, 5.74) is 2.81. The topological polar surface area (TPSA) is 41.6 Å². The molecule has 0 spiro atoms. The number of ether oxygens (including phenoxy) is 1.